The third kappa shape index (κ3) is 2.69. The summed E-state index contributed by atoms with van der Waals surface area (Å²) in [4.78, 5) is 11.1. The molecule has 1 aromatic rings. The number of benzene rings is 1. The Morgan fingerprint density at radius 2 is 2.20 bits per heavy atom. The Labute approximate surface area is 116 Å². The van der Waals surface area contributed by atoms with Gasteiger partial charge in [-0.1, -0.05) is 12.5 Å². The van der Waals surface area contributed by atoms with Gasteiger partial charge in [0.05, 0.1) is 10.3 Å². The minimum Gasteiger partial charge on any atom is -0.481 e. The van der Waals surface area contributed by atoms with Gasteiger partial charge < -0.3 is 5.11 Å². The number of nitrogens with one attached hydrogen (secondary N) is 1. The molecule has 2 unspecified atom stereocenters. The summed E-state index contributed by atoms with van der Waals surface area (Å²) in [7, 11) is -3.92. The number of halogens is 1. The highest BCUT2D eigenvalue weighted by Crippen LogP contribution is 2.38. The van der Waals surface area contributed by atoms with Gasteiger partial charge in [-0.2, -0.15) is 0 Å². The summed E-state index contributed by atoms with van der Waals surface area (Å²) < 4.78 is 39.9. The highest BCUT2D eigenvalue weighted by molar-refractivity contribution is 7.89. The van der Waals surface area contributed by atoms with Crippen LogP contribution in [0.15, 0.2) is 29.2 Å². The highest BCUT2D eigenvalue weighted by atomic mass is 32.2. The van der Waals surface area contributed by atoms with Crippen LogP contribution in [0.2, 0.25) is 0 Å². The van der Waals surface area contributed by atoms with Crippen molar-refractivity contribution < 1.29 is 22.7 Å². The maximum absolute atomic E-state index is 13.1. The highest BCUT2D eigenvalue weighted by Gasteiger charge is 2.46. The summed E-state index contributed by atoms with van der Waals surface area (Å²) >= 11 is 0. The molecule has 20 heavy (non-hydrogen) atoms. The number of sulfonamides is 1. The monoisotopic (exact) mass is 301 g/mol. The fourth-order valence-corrected chi connectivity index (χ4v) is 3.91. The molecule has 110 valence electrons. The van der Waals surface area contributed by atoms with Crippen molar-refractivity contribution in [3.63, 3.8) is 0 Å². The maximum Gasteiger partial charge on any atom is 0.310 e. The number of carboxylic acid groups (broad SMARTS) is 1. The smallest absolute Gasteiger partial charge is 0.310 e. The fraction of sp³-hybridized carbons (Fsp3) is 0.462. The topological polar surface area (TPSA) is 83.5 Å². The van der Waals surface area contributed by atoms with Crippen molar-refractivity contribution in [3.05, 3.63) is 30.1 Å². The molecule has 2 atom stereocenters. The van der Waals surface area contributed by atoms with Crippen LogP contribution < -0.4 is 4.72 Å². The van der Waals surface area contributed by atoms with E-state index in [1.165, 1.54) is 19.1 Å². The molecule has 2 rings (SSSR count). The molecule has 0 spiro atoms. The van der Waals surface area contributed by atoms with Gasteiger partial charge in [-0.15, -0.1) is 0 Å². The summed E-state index contributed by atoms with van der Waals surface area (Å²) in [6, 6.07) is 3.95. The maximum atomic E-state index is 13.1. The predicted molar refractivity (Wildman–Crippen MR) is 70.1 cm³/mol. The molecular formula is C13H16FNO4S. The number of hydrogen-bond acceptors (Lipinski definition) is 3. The van der Waals surface area contributed by atoms with Gasteiger partial charge in [-0.05, 0) is 38.0 Å². The largest absolute Gasteiger partial charge is 0.481 e. The van der Waals surface area contributed by atoms with E-state index in [9.17, 15) is 22.7 Å². The quantitative estimate of drug-likeness (QED) is 0.887. The van der Waals surface area contributed by atoms with Gasteiger partial charge >= 0.3 is 5.97 Å². The van der Waals surface area contributed by atoms with Crippen molar-refractivity contribution in [2.24, 2.45) is 5.41 Å². The van der Waals surface area contributed by atoms with E-state index in [2.05, 4.69) is 4.72 Å². The molecule has 0 aromatic heterocycles. The minimum atomic E-state index is -3.92. The number of hydrogen-bond donors (Lipinski definition) is 2. The molecule has 2 N–H and O–H groups in total. The molecular weight excluding hydrogens is 285 g/mol. The molecule has 7 heteroatoms. The summed E-state index contributed by atoms with van der Waals surface area (Å²) in [6.45, 7) is 1.53. The van der Waals surface area contributed by atoms with Gasteiger partial charge in [-0.25, -0.2) is 17.5 Å². The van der Waals surface area contributed by atoms with E-state index in [0.29, 0.717) is 19.3 Å². The van der Waals surface area contributed by atoms with Crippen molar-refractivity contribution >= 4 is 16.0 Å². The lowest BCUT2D eigenvalue weighted by atomic mass is 9.85. The lowest BCUT2D eigenvalue weighted by molar-refractivity contribution is -0.148. The SMILES string of the molecule is CC1(C(=O)O)CCCC1NS(=O)(=O)c1cccc(F)c1. The third-order valence-electron chi connectivity index (χ3n) is 3.85. The Balaban J connectivity index is 2.27. The molecule has 0 heterocycles. The first-order chi connectivity index (χ1) is 9.25. The predicted octanol–water partition coefficient (Wildman–Crippen LogP) is 1.75. The molecule has 1 aromatic carbocycles. The van der Waals surface area contributed by atoms with Crippen molar-refractivity contribution in [1.82, 2.24) is 4.72 Å². The van der Waals surface area contributed by atoms with Crippen LogP contribution in [0.4, 0.5) is 4.39 Å². The minimum absolute atomic E-state index is 0.197. The van der Waals surface area contributed by atoms with E-state index < -0.39 is 33.3 Å². The molecule has 1 aliphatic carbocycles. The Hall–Kier alpha value is -1.47. The summed E-state index contributed by atoms with van der Waals surface area (Å²) in [5.41, 5.74) is -1.12. The Morgan fingerprint density at radius 1 is 1.50 bits per heavy atom. The summed E-state index contributed by atoms with van der Waals surface area (Å²) in [5.74, 6) is -1.68. The first-order valence-electron chi connectivity index (χ1n) is 6.27. The number of carbonyl (C=O) groups is 1. The molecule has 0 bridgehead atoms. The van der Waals surface area contributed by atoms with Crippen LogP contribution in [0.25, 0.3) is 0 Å². The number of rotatable bonds is 4. The average molecular weight is 301 g/mol. The van der Waals surface area contributed by atoms with Crippen molar-refractivity contribution in [3.8, 4) is 0 Å². The second-order valence-electron chi connectivity index (χ2n) is 5.25. The van der Waals surface area contributed by atoms with E-state index in [0.717, 1.165) is 12.1 Å². The average Bonchev–Trinajstić information content (AvgIpc) is 2.72. The van der Waals surface area contributed by atoms with E-state index in [1.54, 1.807) is 0 Å². The molecule has 5 nitrogen and oxygen atoms in total. The Kier molecular flexibility index (Phi) is 3.84. The molecule has 0 aliphatic heterocycles. The van der Waals surface area contributed by atoms with Crippen LogP contribution in [-0.4, -0.2) is 25.5 Å². The lowest BCUT2D eigenvalue weighted by Crippen LogP contribution is -2.46. The zero-order valence-electron chi connectivity index (χ0n) is 11.0. The van der Waals surface area contributed by atoms with Crippen molar-refractivity contribution in [1.29, 1.82) is 0 Å². The molecule has 0 amide bonds. The van der Waals surface area contributed by atoms with Crippen molar-refractivity contribution in [2.75, 3.05) is 0 Å². The third-order valence-corrected chi connectivity index (χ3v) is 5.32. The molecule has 0 radical (unpaired) electrons. The number of carboxylic acids is 1. The standard InChI is InChI=1S/C13H16FNO4S/c1-13(12(16)17)7-3-6-11(13)15-20(18,19)10-5-2-4-9(14)8-10/h2,4-5,8,11,15H,3,6-7H2,1H3,(H,16,17). The Morgan fingerprint density at radius 3 is 2.80 bits per heavy atom. The van der Waals surface area contributed by atoms with Crippen LogP contribution in [0.5, 0.6) is 0 Å². The second-order valence-corrected chi connectivity index (χ2v) is 6.96. The Bertz CT molecular complexity index is 631. The summed E-state index contributed by atoms with van der Waals surface area (Å²) in [6.07, 6.45) is 1.51. The van der Waals surface area contributed by atoms with Crippen LogP contribution in [0.1, 0.15) is 26.2 Å². The van der Waals surface area contributed by atoms with Crippen LogP contribution in [-0.2, 0) is 14.8 Å². The zero-order chi connectivity index (χ0) is 15.0. The first-order valence-corrected chi connectivity index (χ1v) is 7.75. The fourth-order valence-electron chi connectivity index (χ4n) is 2.50. The number of aliphatic carboxylic acids is 1. The molecule has 1 saturated carbocycles. The molecule has 0 saturated heterocycles. The van der Waals surface area contributed by atoms with Gasteiger partial charge in [0.25, 0.3) is 0 Å². The van der Waals surface area contributed by atoms with Crippen LogP contribution >= 0.6 is 0 Å². The molecule has 1 fully saturated rings. The lowest BCUT2D eigenvalue weighted by Gasteiger charge is -2.27. The van der Waals surface area contributed by atoms with Gasteiger partial charge in [0.1, 0.15) is 5.82 Å². The summed E-state index contributed by atoms with van der Waals surface area (Å²) in [5, 5.41) is 9.26. The van der Waals surface area contributed by atoms with Crippen molar-refractivity contribution in [2.45, 2.75) is 37.1 Å². The first kappa shape index (κ1) is 14.9. The van der Waals surface area contributed by atoms with Gasteiger partial charge in [0.2, 0.25) is 10.0 Å². The normalized spacial score (nSPS) is 26.6. The van der Waals surface area contributed by atoms with Crippen LogP contribution in [0.3, 0.4) is 0 Å². The van der Waals surface area contributed by atoms with E-state index in [4.69, 9.17) is 0 Å². The molecule has 1 aliphatic rings. The van der Waals surface area contributed by atoms with Gasteiger partial charge in [-0.3, -0.25) is 4.79 Å². The van der Waals surface area contributed by atoms with Gasteiger partial charge in [0.15, 0.2) is 0 Å². The van der Waals surface area contributed by atoms with E-state index in [-0.39, 0.29) is 4.90 Å². The van der Waals surface area contributed by atoms with Crippen LogP contribution in [0, 0.1) is 11.2 Å². The van der Waals surface area contributed by atoms with Gasteiger partial charge in [0, 0.05) is 6.04 Å². The van der Waals surface area contributed by atoms with E-state index >= 15 is 0 Å². The second kappa shape index (κ2) is 5.14. The zero-order valence-corrected chi connectivity index (χ0v) is 11.8. The van der Waals surface area contributed by atoms with E-state index in [1.807, 2.05) is 0 Å².